The molecule has 6 aliphatic heterocycles. The Kier molecular flexibility index (Phi) is 14.1. The molecule has 0 bridgehead atoms. The molecule has 0 aliphatic carbocycles. The number of pyridine rings is 1. The van der Waals surface area contributed by atoms with Gasteiger partial charge in [-0.1, -0.05) is 26.0 Å². The minimum Gasteiger partial charge on any atom is -0.508 e. The van der Waals surface area contributed by atoms with Crippen LogP contribution in [0, 0.1) is 17.0 Å². The number of anilines is 1. The van der Waals surface area contributed by atoms with Crippen molar-refractivity contribution in [2.75, 3.05) is 70.5 Å². The second-order valence-electron chi connectivity index (χ2n) is 24.4. The number of aromatic nitrogens is 5. The zero-order valence-corrected chi connectivity index (χ0v) is 46.2. The van der Waals surface area contributed by atoms with E-state index in [0.29, 0.717) is 84.3 Å². The van der Waals surface area contributed by atoms with Gasteiger partial charge in [-0.25, -0.2) is 18.4 Å². The van der Waals surface area contributed by atoms with Gasteiger partial charge in [0, 0.05) is 64.0 Å². The van der Waals surface area contributed by atoms with Crippen molar-refractivity contribution in [2.45, 2.75) is 133 Å². The third-order valence-corrected chi connectivity index (χ3v) is 18.8. The number of β-amino-alcohol motifs (C(OH)–C–C–N with tert-alkyl or cyclic N) is 1. The minimum absolute atomic E-state index is 0.000433. The molecule has 1 unspecified atom stereocenters. The molecule has 0 radical (unpaired) electrons. The molecule has 6 aliphatic rings. The zero-order valence-electron chi connectivity index (χ0n) is 46.2. The van der Waals surface area contributed by atoms with Crippen molar-refractivity contribution >= 4 is 56.4 Å². The Balaban J connectivity index is 0.671. The highest BCUT2D eigenvalue weighted by molar-refractivity contribution is 6.02. The van der Waals surface area contributed by atoms with E-state index in [0.717, 1.165) is 83.1 Å². The number of hydrogen-bond donors (Lipinski definition) is 3. The number of nitrogens with zero attached hydrogens (tertiary/aromatic N) is 9. The molecule has 6 fully saturated rings. The number of aromatic hydroxyl groups is 1. The highest BCUT2D eigenvalue weighted by atomic mass is 19.1. The lowest BCUT2D eigenvalue weighted by Crippen LogP contribution is -2.49. The number of rotatable bonds is 12. The molecule has 3 aromatic heterocycles. The van der Waals surface area contributed by atoms with Gasteiger partial charge < -0.3 is 34.4 Å². The number of hydrogen-bond acceptors (Lipinski definition) is 14. The fraction of sp³-hybridized carbons (Fsp3) is 0.550. The van der Waals surface area contributed by atoms with Gasteiger partial charge in [-0.15, -0.1) is 0 Å². The molecule has 0 spiro atoms. The molecule has 424 valence electrons. The van der Waals surface area contributed by atoms with Gasteiger partial charge in [0.1, 0.15) is 47.9 Å². The smallest absolute Gasteiger partial charge is 0.409 e. The maximum Gasteiger partial charge on any atom is 0.409 e. The summed E-state index contributed by atoms with van der Waals surface area (Å²) in [7, 11) is 1.73. The summed E-state index contributed by atoms with van der Waals surface area (Å²) in [5.41, 5.74) is 1.58. The van der Waals surface area contributed by atoms with Crippen molar-refractivity contribution in [3.8, 4) is 23.0 Å². The molecule has 6 aromatic rings. The Morgan fingerprint density at radius 2 is 1.68 bits per heavy atom. The average molecular weight is 1100 g/mol. The van der Waals surface area contributed by atoms with Crippen LogP contribution in [0.3, 0.4) is 0 Å². The number of carbonyl (C=O) groups excluding carboxylic acids is 3. The number of aliphatic hydroxyl groups is 1. The van der Waals surface area contributed by atoms with Gasteiger partial charge in [-0.05, 0) is 167 Å². The summed E-state index contributed by atoms with van der Waals surface area (Å²) in [5, 5.41) is 25.7. The number of phenolic OH excluding ortho intramolecular Hbond substituents is 1. The Labute approximate surface area is 463 Å². The third-order valence-electron chi connectivity index (χ3n) is 18.8. The van der Waals surface area contributed by atoms with Gasteiger partial charge >= 0.3 is 17.8 Å². The van der Waals surface area contributed by atoms with Crippen LogP contribution in [0.25, 0.3) is 44.0 Å². The van der Waals surface area contributed by atoms with Crippen LogP contribution < -0.4 is 20.6 Å². The van der Waals surface area contributed by atoms with Crippen LogP contribution in [-0.2, 0) is 27.8 Å². The van der Waals surface area contributed by atoms with E-state index < -0.39 is 29.2 Å². The number of aryl methyl sites for hydroxylation is 2. The molecule has 3 amide bonds. The van der Waals surface area contributed by atoms with Crippen LogP contribution in [0.2, 0.25) is 0 Å². The van der Waals surface area contributed by atoms with Gasteiger partial charge in [-0.3, -0.25) is 33.9 Å². The summed E-state index contributed by atoms with van der Waals surface area (Å²) >= 11 is 0. The zero-order chi connectivity index (χ0) is 55.8. The Morgan fingerprint density at radius 1 is 0.887 bits per heavy atom. The van der Waals surface area contributed by atoms with E-state index >= 15 is 8.78 Å². The van der Waals surface area contributed by atoms with E-state index in [1.54, 1.807) is 24.6 Å². The predicted octanol–water partition coefficient (Wildman–Crippen LogP) is 7.87. The molecule has 18 nitrogen and oxygen atoms in total. The summed E-state index contributed by atoms with van der Waals surface area (Å²) in [5.74, 6) is -1.32. The standard InChI is InChI=1S/C60H72F2N10O8/c1-5-41-44(61)10-8-38-28-40(73)30-42(49(38)41)51-50(62)52-43(31-63-51)53(70-22-6-17-59(3,78)34-70)66-55(65-52)80-35-60-18-7-23-71(60)39(14-19-60)32-79-57(77)69-26-20-58(2,21-27-69)33-68-24-15-36(16-25-68)37-9-11-45-47(29-37)67(4)56(76)72(45)46-12-13-48(74)64-54(46)75/h8-11,28-31,36,39,46,73,78H,5-7,12-27,32-35H2,1-4H3,(H,64,74,75)/t39-,46?,59+,60-/m0/s1. The maximum absolute atomic E-state index is 17.3. The van der Waals surface area contributed by atoms with E-state index in [-0.39, 0.29) is 89.4 Å². The number of ether oxygens (including phenoxy) is 2. The van der Waals surface area contributed by atoms with Gasteiger partial charge in [0.15, 0.2) is 5.82 Å². The highest BCUT2D eigenvalue weighted by Gasteiger charge is 2.50. The summed E-state index contributed by atoms with van der Waals surface area (Å²) in [6, 6.07) is 11.2. The first-order chi connectivity index (χ1) is 38.4. The van der Waals surface area contributed by atoms with Gasteiger partial charge in [0.2, 0.25) is 11.8 Å². The summed E-state index contributed by atoms with van der Waals surface area (Å²) < 4.78 is 48.3. The Hall–Kier alpha value is -6.77. The van der Waals surface area contributed by atoms with Crippen molar-refractivity contribution < 1.29 is 42.9 Å². The number of halogens is 2. The molecule has 12 rings (SSSR count). The molecule has 80 heavy (non-hydrogen) atoms. The maximum atomic E-state index is 17.3. The molecule has 20 heteroatoms. The van der Waals surface area contributed by atoms with E-state index in [1.165, 1.54) is 34.5 Å². The lowest BCUT2D eigenvalue weighted by Gasteiger charge is -2.43. The largest absolute Gasteiger partial charge is 0.508 e. The van der Waals surface area contributed by atoms with E-state index in [1.807, 2.05) is 22.8 Å². The fourth-order valence-corrected chi connectivity index (χ4v) is 14.4. The lowest BCUT2D eigenvalue weighted by atomic mass is 9.79. The van der Waals surface area contributed by atoms with E-state index in [9.17, 15) is 29.4 Å². The molecular weight excluding hydrogens is 1030 g/mol. The third kappa shape index (κ3) is 9.92. The quantitative estimate of drug-likeness (QED) is 0.100. The van der Waals surface area contributed by atoms with Crippen LogP contribution in [0.5, 0.6) is 11.8 Å². The minimum atomic E-state index is -1.01. The first-order valence-electron chi connectivity index (χ1n) is 28.8. The number of phenols is 1. The number of fused-ring (bicyclic) bond motifs is 4. The number of piperidine rings is 4. The summed E-state index contributed by atoms with van der Waals surface area (Å²) in [6.07, 6.45) is 10.5. The number of likely N-dealkylation sites (tertiary alicyclic amines) is 2. The van der Waals surface area contributed by atoms with Crippen LogP contribution in [0.1, 0.15) is 121 Å². The van der Waals surface area contributed by atoms with Gasteiger partial charge in [0.05, 0.1) is 27.6 Å². The second-order valence-corrected chi connectivity index (χ2v) is 24.4. The van der Waals surface area contributed by atoms with Gasteiger partial charge in [-0.2, -0.15) is 9.97 Å². The van der Waals surface area contributed by atoms with Crippen LogP contribution in [0.15, 0.2) is 53.5 Å². The van der Waals surface area contributed by atoms with Crippen molar-refractivity contribution in [2.24, 2.45) is 12.5 Å². The van der Waals surface area contributed by atoms with Crippen molar-refractivity contribution in [1.29, 1.82) is 0 Å². The first-order valence-corrected chi connectivity index (χ1v) is 28.8. The fourth-order valence-electron chi connectivity index (χ4n) is 14.4. The first kappa shape index (κ1) is 53.9. The molecule has 3 N–H and O–H groups in total. The van der Waals surface area contributed by atoms with Crippen molar-refractivity contribution in [3.63, 3.8) is 0 Å². The highest BCUT2D eigenvalue weighted by Crippen LogP contribution is 2.45. The van der Waals surface area contributed by atoms with Crippen LogP contribution in [-0.4, -0.2) is 150 Å². The normalized spacial score (nSPS) is 25.0. The predicted molar refractivity (Wildman–Crippen MR) is 298 cm³/mol. The molecule has 4 atom stereocenters. The van der Waals surface area contributed by atoms with E-state index in [4.69, 9.17) is 19.4 Å². The van der Waals surface area contributed by atoms with Crippen molar-refractivity contribution in [3.05, 3.63) is 81.9 Å². The summed E-state index contributed by atoms with van der Waals surface area (Å²) in [4.78, 5) is 74.5. The average Bonchev–Trinajstić information content (AvgIpc) is 4.10. The Morgan fingerprint density at radius 3 is 2.44 bits per heavy atom. The molecule has 6 saturated heterocycles. The van der Waals surface area contributed by atoms with Crippen molar-refractivity contribution in [1.82, 2.24) is 44.1 Å². The van der Waals surface area contributed by atoms with Crippen LogP contribution >= 0.6 is 0 Å². The monoisotopic (exact) mass is 1100 g/mol. The van der Waals surface area contributed by atoms with Gasteiger partial charge in [0.25, 0.3) is 0 Å². The summed E-state index contributed by atoms with van der Waals surface area (Å²) in [6.45, 7) is 12.2. The molecule has 9 heterocycles. The number of imidazole rings is 1. The number of amides is 3. The molecule has 3 aromatic carbocycles. The lowest BCUT2D eigenvalue weighted by molar-refractivity contribution is -0.135. The van der Waals surface area contributed by atoms with E-state index in [2.05, 4.69) is 39.2 Å². The number of benzene rings is 3. The SMILES string of the molecule is CCc1c(F)ccc2cc(O)cc(-c3ncc4c(N5CCC[C@@](C)(O)C5)nc(OC[C@@]56CCCN5[C@H](COC(=O)N5CCC(C)(CN7CCC(c8ccc9c(c8)n(C)c(=O)n9C8CCC(=O)NC8=O)CC7)CC5)CC6)nc4c3F)c12. The molecule has 0 saturated carbocycles. The number of carbonyl (C=O) groups is 3. The topological polar surface area (TPSA) is 201 Å². The number of nitrogens with one attached hydrogen (secondary N) is 1. The Bertz CT molecular complexity index is 3500. The second kappa shape index (κ2) is 21.0. The molecular formula is C60H72F2N10O8. The van der Waals surface area contributed by atoms with Crippen LogP contribution in [0.4, 0.5) is 19.4 Å². The number of imide groups is 1.